The molecule has 6 nitrogen and oxygen atoms in total. The van der Waals surface area contributed by atoms with Crippen LogP contribution in [0.25, 0.3) is 11.2 Å². The lowest BCUT2D eigenvalue weighted by atomic mass is 10.3. The van der Waals surface area contributed by atoms with Crippen molar-refractivity contribution in [2.24, 2.45) is 7.05 Å². The summed E-state index contributed by atoms with van der Waals surface area (Å²) >= 11 is 3.33. The van der Waals surface area contributed by atoms with E-state index in [0.29, 0.717) is 22.4 Å². The molecule has 0 aromatic carbocycles. The van der Waals surface area contributed by atoms with Crippen LogP contribution in [-0.2, 0) is 20.1 Å². The Hall–Kier alpha value is -2.07. The molecule has 110 valence electrons. The zero-order valence-corrected chi connectivity index (χ0v) is 13.6. The van der Waals surface area contributed by atoms with E-state index < -0.39 is 11.2 Å². The zero-order chi connectivity index (χ0) is 15.7. The second-order valence-corrected chi connectivity index (χ2v) is 5.59. The topological polar surface area (TPSA) is 61.8 Å². The molecule has 0 aliphatic rings. The molecule has 0 fully saturated rings. The first-order chi connectivity index (χ1) is 9.88. The van der Waals surface area contributed by atoms with E-state index in [1.165, 1.54) is 4.57 Å². The normalized spacial score (nSPS) is 10.6. The highest BCUT2D eigenvalue weighted by molar-refractivity contribution is 9.10. The predicted octanol–water partition coefficient (Wildman–Crippen LogP) is 1.26. The number of nitrogens with zero attached hydrogens (tertiary/aromatic N) is 4. The van der Waals surface area contributed by atoms with Gasteiger partial charge in [-0.25, -0.2) is 14.3 Å². The lowest BCUT2D eigenvalue weighted by Gasteiger charge is -2.07. The highest BCUT2D eigenvalue weighted by Crippen LogP contribution is 2.16. The van der Waals surface area contributed by atoms with Crippen molar-refractivity contribution in [3.8, 4) is 12.3 Å². The van der Waals surface area contributed by atoms with Crippen LogP contribution in [0.5, 0.6) is 0 Å². The van der Waals surface area contributed by atoms with Crippen LogP contribution in [-0.4, -0.2) is 18.7 Å². The standard InChI is InChI=1S/C14H15BrN4O2/c1-5-7-19-12(20)10-11(17(4)14(19)21)16-13(15)18(10)8-6-9(2)3/h1,6H,7-8H2,2-4H3. The maximum atomic E-state index is 12.5. The van der Waals surface area contributed by atoms with Crippen molar-refractivity contribution in [1.82, 2.24) is 18.7 Å². The first-order valence-electron chi connectivity index (χ1n) is 6.30. The third kappa shape index (κ3) is 2.59. The molecular weight excluding hydrogens is 336 g/mol. The van der Waals surface area contributed by atoms with Gasteiger partial charge >= 0.3 is 5.69 Å². The monoisotopic (exact) mass is 350 g/mol. The van der Waals surface area contributed by atoms with Crippen LogP contribution in [0.1, 0.15) is 13.8 Å². The summed E-state index contributed by atoms with van der Waals surface area (Å²) in [5.74, 6) is 2.33. The van der Waals surface area contributed by atoms with Crippen molar-refractivity contribution in [3.63, 3.8) is 0 Å². The van der Waals surface area contributed by atoms with Gasteiger partial charge in [-0.1, -0.05) is 17.6 Å². The van der Waals surface area contributed by atoms with Crippen molar-refractivity contribution in [2.75, 3.05) is 0 Å². The van der Waals surface area contributed by atoms with E-state index in [2.05, 4.69) is 26.8 Å². The Kier molecular flexibility index (Phi) is 4.19. The second kappa shape index (κ2) is 5.74. The van der Waals surface area contributed by atoms with Gasteiger partial charge in [0.1, 0.15) is 0 Å². The number of aromatic nitrogens is 4. The number of imidazole rings is 1. The Morgan fingerprint density at radius 1 is 1.38 bits per heavy atom. The quantitative estimate of drug-likeness (QED) is 0.475. The fourth-order valence-electron chi connectivity index (χ4n) is 2.02. The summed E-state index contributed by atoms with van der Waals surface area (Å²) in [5, 5.41) is 0. The predicted molar refractivity (Wildman–Crippen MR) is 85.2 cm³/mol. The third-order valence-corrected chi connectivity index (χ3v) is 3.72. The Morgan fingerprint density at radius 3 is 2.62 bits per heavy atom. The van der Waals surface area contributed by atoms with E-state index in [1.807, 2.05) is 19.9 Å². The summed E-state index contributed by atoms with van der Waals surface area (Å²) in [4.78, 5) is 28.9. The molecule has 0 aliphatic carbocycles. The summed E-state index contributed by atoms with van der Waals surface area (Å²) in [6.07, 6.45) is 7.21. The molecule has 0 unspecified atom stereocenters. The molecule has 2 heterocycles. The zero-order valence-electron chi connectivity index (χ0n) is 12.1. The fraction of sp³-hybridized carbons (Fsp3) is 0.357. The Bertz CT molecular complexity index is 889. The molecule has 0 saturated heterocycles. The lowest BCUT2D eigenvalue weighted by molar-refractivity contribution is 0.672. The molecule has 0 bridgehead atoms. The smallest absolute Gasteiger partial charge is 0.309 e. The highest BCUT2D eigenvalue weighted by Gasteiger charge is 2.18. The maximum Gasteiger partial charge on any atom is 0.333 e. The van der Waals surface area contributed by atoms with Crippen LogP contribution in [0.15, 0.2) is 26.0 Å². The number of hydrogen-bond donors (Lipinski definition) is 0. The average Bonchev–Trinajstić information content (AvgIpc) is 2.76. The van der Waals surface area contributed by atoms with Gasteiger partial charge in [0.25, 0.3) is 5.56 Å². The molecule has 21 heavy (non-hydrogen) atoms. The lowest BCUT2D eigenvalue weighted by Crippen LogP contribution is -2.39. The first-order valence-corrected chi connectivity index (χ1v) is 7.10. The SMILES string of the molecule is C#CCn1c(=O)c2c(nc(Br)n2CC=C(C)C)n(C)c1=O. The highest BCUT2D eigenvalue weighted by atomic mass is 79.9. The molecule has 0 spiro atoms. The fourth-order valence-corrected chi connectivity index (χ4v) is 2.51. The molecule has 0 amide bonds. The second-order valence-electron chi connectivity index (χ2n) is 4.88. The summed E-state index contributed by atoms with van der Waals surface area (Å²) in [6, 6.07) is 0. The van der Waals surface area contributed by atoms with Gasteiger partial charge in [-0.2, -0.15) is 0 Å². The van der Waals surface area contributed by atoms with E-state index in [-0.39, 0.29) is 6.54 Å². The molecule has 0 atom stereocenters. The number of allylic oxidation sites excluding steroid dienone is 2. The molecule has 7 heteroatoms. The number of rotatable bonds is 3. The number of aryl methyl sites for hydroxylation is 1. The molecule has 0 N–H and O–H groups in total. The number of terminal acetylenes is 1. The Morgan fingerprint density at radius 2 is 2.05 bits per heavy atom. The number of halogens is 1. The van der Waals surface area contributed by atoms with Crippen LogP contribution < -0.4 is 11.2 Å². The van der Waals surface area contributed by atoms with Gasteiger partial charge < -0.3 is 4.57 Å². The van der Waals surface area contributed by atoms with Crippen molar-refractivity contribution in [3.05, 3.63) is 37.2 Å². The van der Waals surface area contributed by atoms with Crippen LogP contribution in [0.3, 0.4) is 0 Å². The van der Waals surface area contributed by atoms with Crippen molar-refractivity contribution in [2.45, 2.75) is 26.9 Å². The summed E-state index contributed by atoms with van der Waals surface area (Å²) in [6.45, 7) is 4.37. The van der Waals surface area contributed by atoms with Gasteiger partial charge in [-0.05, 0) is 29.8 Å². The molecule has 0 radical (unpaired) electrons. The largest absolute Gasteiger partial charge is 0.333 e. The van der Waals surface area contributed by atoms with Gasteiger partial charge in [0.15, 0.2) is 15.9 Å². The van der Waals surface area contributed by atoms with Crippen LogP contribution in [0, 0.1) is 12.3 Å². The van der Waals surface area contributed by atoms with E-state index in [0.717, 1.165) is 10.1 Å². The van der Waals surface area contributed by atoms with E-state index in [9.17, 15) is 9.59 Å². The number of hydrogen-bond acceptors (Lipinski definition) is 3. The van der Waals surface area contributed by atoms with Crippen molar-refractivity contribution in [1.29, 1.82) is 0 Å². The average molecular weight is 351 g/mol. The molecule has 2 rings (SSSR count). The van der Waals surface area contributed by atoms with Gasteiger partial charge in [0.05, 0.1) is 6.54 Å². The van der Waals surface area contributed by atoms with Gasteiger partial charge in [-0.3, -0.25) is 9.36 Å². The summed E-state index contributed by atoms with van der Waals surface area (Å²) in [5.41, 5.74) is 0.928. The first kappa shape index (κ1) is 15.3. The maximum absolute atomic E-state index is 12.5. The van der Waals surface area contributed by atoms with Crippen LogP contribution >= 0.6 is 15.9 Å². The van der Waals surface area contributed by atoms with Crippen LogP contribution in [0.4, 0.5) is 0 Å². The Balaban J connectivity index is 2.88. The third-order valence-electron chi connectivity index (χ3n) is 3.12. The van der Waals surface area contributed by atoms with Gasteiger partial charge in [0, 0.05) is 13.6 Å². The van der Waals surface area contributed by atoms with Gasteiger partial charge in [-0.15, -0.1) is 6.42 Å². The van der Waals surface area contributed by atoms with Crippen molar-refractivity contribution >= 4 is 27.1 Å². The van der Waals surface area contributed by atoms with Gasteiger partial charge in [0.2, 0.25) is 0 Å². The van der Waals surface area contributed by atoms with Crippen molar-refractivity contribution < 1.29 is 0 Å². The summed E-state index contributed by atoms with van der Waals surface area (Å²) in [7, 11) is 1.57. The Labute approximate surface area is 129 Å². The van der Waals surface area contributed by atoms with E-state index in [4.69, 9.17) is 6.42 Å². The molecule has 2 aromatic heterocycles. The molecule has 0 saturated carbocycles. The minimum atomic E-state index is -0.468. The number of fused-ring (bicyclic) bond motifs is 1. The van der Waals surface area contributed by atoms with Crippen LogP contribution in [0.2, 0.25) is 0 Å². The minimum absolute atomic E-state index is 0.0626. The molecular formula is C14H15BrN4O2. The molecule has 2 aromatic rings. The minimum Gasteiger partial charge on any atom is -0.309 e. The summed E-state index contributed by atoms with van der Waals surface area (Å²) < 4.78 is 4.59. The van der Waals surface area contributed by atoms with E-state index in [1.54, 1.807) is 11.6 Å². The molecule has 0 aliphatic heterocycles. The van der Waals surface area contributed by atoms with E-state index >= 15 is 0 Å².